The predicted molar refractivity (Wildman–Crippen MR) is 117 cm³/mol. The molecule has 4 aromatic rings. The van der Waals surface area contributed by atoms with Crippen molar-refractivity contribution in [3.8, 4) is 34.2 Å². The monoisotopic (exact) mass is 438 g/mol. The fourth-order valence-corrected chi connectivity index (χ4v) is 3.40. The molecule has 164 valence electrons. The lowest BCUT2D eigenvalue weighted by atomic mass is 10.0. The molecule has 0 unspecified atom stereocenters. The van der Waals surface area contributed by atoms with E-state index in [0.717, 1.165) is 0 Å². The van der Waals surface area contributed by atoms with Gasteiger partial charge in [0.1, 0.15) is 11.5 Å². The van der Waals surface area contributed by atoms with Gasteiger partial charge in [0.15, 0.2) is 0 Å². The number of alkyl halides is 2. The van der Waals surface area contributed by atoms with E-state index in [1.54, 1.807) is 55.8 Å². The molecule has 0 saturated carbocycles. The number of hydrogen-bond donors (Lipinski definition) is 0. The van der Waals surface area contributed by atoms with Gasteiger partial charge in [0.2, 0.25) is 5.88 Å². The van der Waals surface area contributed by atoms with Gasteiger partial charge in [-0.25, -0.2) is 4.98 Å². The molecule has 0 aliphatic carbocycles. The average Bonchev–Trinajstić information content (AvgIpc) is 2.79. The Morgan fingerprint density at radius 1 is 0.969 bits per heavy atom. The summed E-state index contributed by atoms with van der Waals surface area (Å²) in [5, 5.41) is 0.715. The molecule has 0 amide bonds. The van der Waals surface area contributed by atoms with Crippen LogP contribution >= 0.6 is 0 Å². The fraction of sp³-hybridized carbons (Fsp3) is 0.167. The zero-order valence-electron chi connectivity index (χ0n) is 17.4. The van der Waals surface area contributed by atoms with Gasteiger partial charge in [-0.15, -0.1) is 0 Å². The Morgan fingerprint density at radius 3 is 2.28 bits per heavy atom. The van der Waals surface area contributed by atoms with Gasteiger partial charge in [-0.3, -0.25) is 9.36 Å². The second-order valence-electron chi connectivity index (χ2n) is 6.80. The van der Waals surface area contributed by atoms with Gasteiger partial charge in [-0.2, -0.15) is 8.78 Å². The van der Waals surface area contributed by atoms with Gasteiger partial charge in [0.05, 0.1) is 24.8 Å². The number of pyridine rings is 2. The molecular weight excluding hydrogens is 418 g/mol. The lowest BCUT2D eigenvalue weighted by molar-refractivity contribution is -0.0498. The highest BCUT2D eigenvalue weighted by Crippen LogP contribution is 2.29. The summed E-state index contributed by atoms with van der Waals surface area (Å²) < 4.78 is 41.7. The van der Waals surface area contributed by atoms with Gasteiger partial charge in [-0.1, -0.05) is 12.1 Å². The molecule has 0 saturated heterocycles. The van der Waals surface area contributed by atoms with Crippen molar-refractivity contribution in [2.75, 3.05) is 13.7 Å². The maximum Gasteiger partial charge on any atom is 0.387 e. The van der Waals surface area contributed by atoms with E-state index in [4.69, 9.17) is 9.47 Å². The molecule has 2 heterocycles. The maximum absolute atomic E-state index is 13.6. The summed E-state index contributed by atoms with van der Waals surface area (Å²) in [5.74, 6) is 1.06. The molecule has 2 aromatic heterocycles. The van der Waals surface area contributed by atoms with Crippen LogP contribution in [0.3, 0.4) is 0 Å². The summed E-state index contributed by atoms with van der Waals surface area (Å²) in [4.78, 5) is 18.1. The minimum absolute atomic E-state index is 0.00225. The van der Waals surface area contributed by atoms with E-state index < -0.39 is 6.61 Å². The fourth-order valence-electron chi connectivity index (χ4n) is 3.40. The van der Waals surface area contributed by atoms with E-state index in [2.05, 4.69) is 9.72 Å². The molecule has 0 spiro atoms. The minimum atomic E-state index is -2.93. The molecule has 0 atom stereocenters. The molecule has 0 N–H and O–H groups in total. The highest BCUT2D eigenvalue weighted by molar-refractivity contribution is 5.93. The molecule has 0 aliphatic rings. The van der Waals surface area contributed by atoms with Crippen LogP contribution in [0.25, 0.3) is 27.7 Å². The molecule has 4 rings (SSSR count). The highest BCUT2D eigenvalue weighted by Gasteiger charge is 2.16. The molecule has 0 aliphatic heterocycles. The van der Waals surface area contributed by atoms with Crippen LogP contribution in [0.15, 0.2) is 71.7 Å². The summed E-state index contributed by atoms with van der Waals surface area (Å²) in [6.45, 7) is -0.659. The van der Waals surface area contributed by atoms with Crippen molar-refractivity contribution in [1.82, 2.24) is 9.55 Å². The van der Waals surface area contributed by atoms with Crippen molar-refractivity contribution in [1.29, 1.82) is 0 Å². The number of benzene rings is 2. The Balaban J connectivity index is 1.93. The van der Waals surface area contributed by atoms with E-state index in [1.165, 1.54) is 16.7 Å². The Bertz CT molecular complexity index is 1290. The predicted octanol–water partition coefficient (Wildman–Crippen LogP) is 5.06. The Kier molecular flexibility index (Phi) is 6.02. The number of methoxy groups -OCH3 is 1. The van der Waals surface area contributed by atoms with E-state index in [9.17, 15) is 13.6 Å². The van der Waals surface area contributed by atoms with E-state index >= 15 is 0 Å². The number of nitrogens with zero attached hydrogens (tertiary/aromatic N) is 2. The summed E-state index contributed by atoms with van der Waals surface area (Å²) >= 11 is 0. The van der Waals surface area contributed by atoms with Crippen molar-refractivity contribution in [3.63, 3.8) is 0 Å². The highest BCUT2D eigenvalue weighted by atomic mass is 19.3. The normalized spacial score (nSPS) is 11.0. The quantitative estimate of drug-likeness (QED) is 0.404. The number of hydrogen-bond acceptors (Lipinski definition) is 5. The molecule has 0 radical (unpaired) electrons. The first kappa shape index (κ1) is 21.3. The summed E-state index contributed by atoms with van der Waals surface area (Å²) in [5.41, 5.74) is 1.62. The third-order valence-corrected chi connectivity index (χ3v) is 4.85. The van der Waals surface area contributed by atoms with Crippen molar-refractivity contribution >= 4 is 10.9 Å². The van der Waals surface area contributed by atoms with Crippen LogP contribution in [0.5, 0.6) is 17.4 Å². The van der Waals surface area contributed by atoms with Crippen molar-refractivity contribution in [2.45, 2.75) is 13.5 Å². The van der Waals surface area contributed by atoms with Crippen LogP contribution in [0.1, 0.15) is 6.92 Å². The van der Waals surface area contributed by atoms with Gasteiger partial charge >= 0.3 is 6.61 Å². The van der Waals surface area contributed by atoms with E-state index in [1.807, 2.05) is 13.0 Å². The van der Waals surface area contributed by atoms with Crippen molar-refractivity contribution in [3.05, 3.63) is 77.2 Å². The lowest BCUT2D eigenvalue weighted by Crippen LogP contribution is -2.20. The molecule has 0 fully saturated rings. The number of halogens is 2. The van der Waals surface area contributed by atoms with Gasteiger partial charge in [0, 0.05) is 23.3 Å². The topological polar surface area (TPSA) is 62.6 Å². The third kappa shape index (κ3) is 4.25. The number of fused-ring (bicyclic) bond motifs is 1. The lowest BCUT2D eigenvalue weighted by Gasteiger charge is -2.14. The largest absolute Gasteiger partial charge is 0.497 e. The first-order valence-corrected chi connectivity index (χ1v) is 9.89. The van der Waals surface area contributed by atoms with Crippen molar-refractivity contribution < 1.29 is 23.0 Å². The summed E-state index contributed by atoms with van der Waals surface area (Å²) in [6, 6.07) is 16.5. The van der Waals surface area contributed by atoms with Crippen LogP contribution in [0.2, 0.25) is 0 Å². The average molecular weight is 438 g/mol. The van der Waals surface area contributed by atoms with E-state index in [0.29, 0.717) is 46.0 Å². The molecule has 32 heavy (non-hydrogen) atoms. The Labute approximate surface area is 182 Å². The van der Waals surface area contributed by atoms with Gasteiger partial charge < -0.3 is 14.2 Å². The first-order valence-electron chi connectivity index (χ1n) is 9.89. The maximum atomic E-state index is 13.6. The van der Waals surface area contributed by atoms with Crippen molar-refractivity contribution in [2.24, 2.45) is 0 Å². The summed E-state index contributed by atoms with van der Waals surface area (Å²) in [7, 11) is 1.57. The zero-order chi connectivity index (χ0) is 22.7. The first-order chi connectivity index (χ1) is 15.5. The van der Waals surface area contributed by atoms with E-state index in [-0.39, 0.29) is 11.3 Å². The minimum Gasteiger partial charge on any atom is -0.497 e. The standard InChI is InChI=1S/C24H20F2N2O4/c1-3-31-20-13-6-16-14-28(17-7-11-18(30-2)12-8-17)23(29)21(22(16)27-20)15-4-9-19(10-5-15)32-24(25)26/h4-14,24H,3H2,1-2H3. The van der Waals surface area contributed by atoms with Crippen LogP contribution in [-0.2, 0) is 0 Å². The number of rotatable bonds is 7. The number of aromatic nitrogens is 2. The van der Waals surface area contributed by atoms with Gasteiger partial charge in [0.25, 0.3) is 5.56 Å². The smallest absolute Gasteiger partial charge is 0.387 e. The molecular formula is C24H20F2N2O4. The molecule has 2 aromatic carbocycles. The molecule has 0 bridgehead atoms. The Hall–Kier alpha value is -3.94. The van der Waals surface area contributed by atoms with Crippen LogP contribution in [0.4, 0.5) is 8.78 Å². The summed E-state index contributed by atoms with van der Waals surface area (Å²) in [6.07, 6.45) is 1.71. The van der Waals surface area contributed by atoms with Crippen LogP contribution < -0.4 is 19.8 Å². The third-order valence-electron chi connectivity index (χ3n) is 4.85. The van der Waals surface area contributed by atoms with Crippen LogP contribution in [0, 0.1) is 0 Å². The zero-order valence-corrected chi connectivity index (χ0v) is 17.4. The second-order valence-corrected chi connectivity index (χ2v) is 6.80. The SMILES string of the molecule is CCOc1ccc2cn(-c3ccc(OC)cc3)c(=O)c(-c3ccc(OC(F)F)cc3)c2n1. The molecule has 8 heteroatoms. The second kappa shape index (κ2) is 9.05. The number of ether oxygens (including phenoxy) is 3. The van der Waals surface area contributed by atoms with Gasteiger partial charge in [-0.05, 0) is 55.0 Å². The Morgan fingerprint density at radius 2 is 1.66 bits per heavy atom. The van der Waals surface area contributed by atoms with Crippen LogP contribution in [-0.4, -0.2) is 29.9 Å². The molecule has 6 nitrogen and oxygen atoms in total.